The van der Waals surface area contributed by atoms with Crippen molar-refractivity contribution in [2.45, 2.75) is 40.5 Å². The molecular weight excluding hydrogens is 302 g/mol. The molecule has 1 aromatic carbocycles. The molecule has 0 saturated carbocycles. The molecule has 0 heterocycles. The van der Waals surface area contributed by atoms with Crippen LogP contribution in [0.15, 0.2) is 18.2 Å². The molecule has 0 fully saturated rings. The lowest BCUT2D eigenvalue weighted by Crippen LogP contribution is -2.38. The van der Waals surface area contributed by atoms with Crippen molar-refractivity contribution >= 4 is 21.8 Å². The van der Waals surface area contributed by atoms with Gasteiger partial charge >= 0.3 is 0 Å². The molecule has 1 aromatic rings. The Morgan fingerprint density at radius 3 is 2.37 bits per heavy atom. The maximum Gasteiger partial charge on any atom is 0.251 e. The van der Waals surface area contributed by atoms with Crippen LogP contribution in [0.4, 0.5) is 0 Å². The van der Waals surface area contributed by atoms with Crippen molar-refractivity contribution in [2.24, 2.45) is 5.41 Å². The Labute approximate surface area is 125 Å². The average Bonchev–Trinajstić information content (AvgIpc) is 2.40. The number of benzene rings is 1. The third-order valence-corrected chi connectivity index (χ3v) is 5.22. The first-order valence-corrected chi connectivity index (χ1v) is 8.01. The number of carbonyl (C=O) groups is 1. The molecule has 0 aromatic heterocycles. The molecule has 1 rings (SSSR count). The molecule has 106 valence electrons. The van der Waals surface area contributed by atoms with Gasteiger partial charge in [0.05, 0.1) is 0 Å². The number of aryl methyl sites for hydroxylation is 2. The summed E-state index contributed by atoms with van der Waals surface area (Å²) < 4.78 is 0. The van der Waals surface area contributed by atoms with Gasteiger partial charge < -0.3 is 5.32 Å². The molecule has 0 unspecified atom stereocenters. The third kappa shape index (κ3) is 4.07. The first-order chi connectivity index (χ1) is 8.98. The summed E-state index contributed by atoms with van der Waals surface area (Å²) in [4.78, 5) is 12.2. The lowest BCUT2D eigenvalue weighted by atomic mass is 9.84. The van der Waals surface area contributed by atoms with Crippen LogP contribution in [0, 0.1) is 19.3 Å². The quantitative estimate of drug-likeness (QED) is 0.779. The van der Waals surface area contributed by atoms with E-state index in [0.29, 0.717) is 0 Å². The number of amides is 1. The number of halogens is 1. The normalized spacial score (nSPS) is 11.4. The number of rotatable bonds is 6. The molecule has 0 atom stereocenters. The summed E-state index contributed by atoms with van der Waals surface area (Å²) in [6.07, 6.45) is 2.11. The minimum Gasteiger partial charge on any atom is -0.351 e. The van der Waals surface area contributed by atoms with Gasteiger partial charge in [0.1, 0.15) is 0 Å². The molecule has 0 bridgehead atoms. The summed E-state index contributed by atoms with van der Waals surface area (Å²) >= 11 is 3.57. The SMILES string of the molecule is CCC(CC)(CBr)CNC(=O)c1ccc(C)cc1C. The Balaban J connectivity index is 2.75. The van der Waals surface area contributed by atoms with Crippen molar-refractivity contribution in [1.82, 2.24) is 5.32 Å². The van der Waals surface area contributed by atoms with Crippen molar-refractivity contribution in [3.05, 3.63) is 34.9 Å². The van der Waals surface area contributed by atoms with Gasteiger partial charge in [0, 0.05) is 17.4 Å². The van der Waals surface area contributed by atoms with E-state index in [-0.39, 0.29) is 11.3 Å². The van der Waals surface area contributed by atoms with Gasteiger partial charge in [0.15, 0.2) is 0 Å². The highest BCUT2D eigenvalue weighted by atomic mass is 79.9. The van der Waals surface area contributed by atoms with Gasteiger partial charge in [-0.3, -0.25) is 4.79 Å². The zero-order chi connectivity index (χ0) is 14.5. The van der Waals surface area contributed by atoms with Crippen LogP contribution in [0.1, 0.15) is 48.2 Å². The molecule has 1 N–H and O–H groups in total. The highest BCUT2D eigenvalue weighted by molar-refractivity contribution is 9.09. The molecule has 0 aliphatic heterocycles. The Morgan fingerprint density at radius 2 is 1.89 bits per heavy atom. The molecule has 19 heavy (non-hydrogen) atoms. The van der Waals surface area contributed by atoms with Gasteiger partial charge in [-0.25, -0.2) is 0 Å². The second kappa shape index (κ2) is 7.09. The summed E-state index contributed by atoms with van der Waals surface area (Å²) in [6.45, 7) is 9.09. The third-order valence-electron chi connectivity index (χ3n) is 4.03. The molecular formula is C16H24BrNO. The highest BCUT2D eigenvalue weighted by Crippen LogP contribution is 2.27. The van der Waals surface area contributed by atoms with Crippen LogP contribution in [-0.4, -0.2) is 17.8 Å². The first-order valence-electron chi connectivity index (χ1n) is 6.89. The standard InChI is InChI=1S/C16H24BrNO/c1-5-16(6-2,10-17)11-18-15(19)14-8-7-12(3)9-13(14)4/h7-9H,5-6,10-11H2,1-4H3,(H,18,19). The summed E-state index contributed by atoms with van der Waals surface area (Å²) in [5.41, 5.74) is 3.16. The Morgan fingerprint density at radius 1 is 1.26 bits per heavy atom. The largest absolute Gasteiger partial charge is 0.351 e. The molecule has 0 radical (unpaired) electrons. The summed E-state index contributed by atoms with van der Waals surface area (Å²) in [5.74, 6) is 0.0322. The van der Waals surface area contributed by atoms with Crippen molar-refractivity contribution in [1.29, 1.82) is 0 Å². The van der Waals surface area contributed by atoms with E-state index in [0.717, 1.165) is 35.8 Å². The number of alkyl halides is 1. The Kier molecular flexibility index (Phi) is 6.05. The van der Waals surface area contributed by atoms with Gasteiger partial charge in [-0.15, -0.1) is 0 Å². The second-order valence-electron chi connectivity index (χ2n) is 5.34. The van der Waals surface area contributed by atoms with Crippen LogP contribution >= 0.6 is 15.9 Å². The molecule has 0 saturated heterocycles. The monoisotopic (exact) mass is 325 g/mol. The van der Waals surface area contributed by atoms with E-state index in [1.165, 1.54) is 5.56 Å². The summed E-state index contributed by atoms with van der Waals surface area (Å²) in [5, 5.41) is 4.00. The van der Waals surface area contributed by atoms with Crippen LogP contribution in [0.2, 0.25) is 0 Å². The van der Waals surface area contributed by atoms with E-state index in [1.54, 1.807) is 0 Å². The van der Waals surface area contributed by atoms with E-state index in [9.17, 15) is 4.79 Å². The van der Waals surface area contributed by atoms with Crippen LogP contribution < -0.4 is 5.32 Å². The number of nitrogens with one attached hydrogen (secondary N) is 1. The smallest absolute Gasteiger partial charge is 0.251 e. The molecule has 0 spiro atoms. The van der Waals surface area contributed by atoms with Crippen molar-refractivity contribution in [3.63, 3.8) is 0 Å². The van der Waals surface area contributed by atoms with Crippen LogP contribution in [0.25, 0.3) is 0 Å². The van der Waals surface area contributed by atoms with Crippen LogP contribution in [-0.2, 0) is 0 Å². The van der Waals surface area contributed by atoms with E-state index >= 15 is 0 Å². The first kappa shape index (κ1) is 16.2. The van der Waals surface area contributed by atoms with E-state index in [4.69, 9.17) is 0 Å². The average molecular weight is 326 g/mol. The maximum absolute atomic E-state index is 12.2. The molecule has 2 nitrogen and oxygen atoms in total. The van der Waals surface area contributed by atoms with E-state index in [1.807, 2.05) is 32.0 Å². The molecule has 0 aliphatic carbocycles. The lowest BCUT2D eigenvalue weighted by Gasteiger charge is -2.29. The second-order valence-corrected chi connectivity index (χ2v) is 5.90. The molecule has 0 aliphatic rings. The fourth-order valence-electron chi connectivity index (χ4n) is 2.17. The van der Waals surface area contributed by atoms with Gasteiger partial charge in [0.2, 0.25) is 0 Å². The predicted molar refractivity (Wildman–Crippen MR) is 85.1 cm³/mol. The van der Waals surface area contributed by atoms with Gasteiger partial charge in [-0.05, 0) is 43.7 Å². The number of carbonyl (C=O) groups excluding carboxylic acids is 1. The fourth-order valence-corrected chi connectivity index (χ4v) is 3.16. The van der Waals surface area contributed by atoms with Crippen molar-refractivity contribution < 1.29 is 4.79 Å². The van der Waals surface area contributed by atoms with Crippen molar-refractivity contribution in [2.75, 3.05) is 11.9 Å². The highest BCUT2D eigenvalue weighted by Gasteiger charge is 2.25. The fraction of sp³-hybridized carbons (Fsp3) is 0.562. The zero-order valence-corrected chi connectivity index (χ0v) is 13.9. The topological polar surface area (TPSA) is 29.1 Å². The van der Waals surface area contributed by atoms with Crippen LogP contribution in [0.3, 0.4) is 0 Å². The maximum atomic E-state index is 12.2. The van der Waals surface area contributed by atoms with Gasteiger partial charge in [-0.1, -0.05) is 47.5 Å². The van der Waals surface area contributed by atoms with Gasteiger partial charge in [-0.2, -0.15) is 0 Å². The van der Waals surface area contributed by atoms with Gasteiger partial charge in [0.25, 0.3) is 5.91 Å². The van der Waals surface area contributed by atoms with E-state index in [2.05, 4.69) is 35.1 Å². The summed E-state index contributed by atoms with van der Waals surface area (Å²) in [7, 11) is 0. The number of hydrogen-bond donors (Lipinski definition) is 1. The van der Waals surface area contributed by atoms with Crippen LogP contribution in [0.5, 0.6) is 0 Å². The Hall–Kier alpha value is -0.830. The predicted octanol–water partition coefficient (Wildman–Crippen LogP) is 4.23. The zero-order valence-electron chi connectivity index (χ0n) is 12.3. The van der Waals surface area contributed by atoms with Crippen molar-refractivity contribution in [3.8, 4) is 0 Å². The number of hydrogen-bond acceptors (Lipinski definition) is 1. The minimum absolute atomic E-state index is 0.0322. The Bertz CT molecular complexity index is 430. The summed E-state index contributed by atoms with van der Waals surface area (Å²) in [6, 6.07) is 5.94. The minimum atomic E-state index is 0.0322. The lowest BCUT2D eigenvalue weighted by molar-refractivity contribution is 0.0932. The molecule has 1 amide bonds. The molecule has 3 heteroatoms. The van der Waals surface area contributed by atoms with E-state index < -0.39 is 0 Å².